The summed E-state index contributed by atoms with van der Waals surface area (Å²) in [7, 11) is 0. The average Bonchev–Trinajstić information content (AvgIpc) is 3.47. The number of Topliss-reactive ketones (excluding diaryl/α,β-unsaturated/α-hetero) is 1. The quantitative estimate of drug-likeness (QED) is 0.617. The number of nitrogens with zero attached hydrogens (tertiary/aromatic N) is 1. The molecule has 1 aliphatic heterocycles. The monoisotopic (exact) mass is 451 g/mol. The fourth-order valence-electron chi connectivity index (χ4n) is 4.12. The Morgan fingerprint density at radius 3 is 2.91 bits per heavy atom. The Hall–Kier alpha value is -3.30. The fraction of sp³-hybridized carbons (Fsp3) is 0.304. The van der Waals surface area contributed by atoms with E-state index in [-0.39, 0.29) is 30.1 Å². The molecule has 2 amide bonds. The molecule has 1 aromatic carbocycles. The second-order valence-electron chi connectivity index (χ2n) is 7.84. The highest BCUT2D eigenvalue weighted by atomic mass is 32.1. The topological polar surface area (TPSA) is 111 Å². The van der Waals surface area contributed by atoms with E-state index < -0.39 is 5.92 Å². The summed E-state index contributed by atoms with van der Waals surface area (Å²) in [6, 6.07) is 9.62. The number of amides is 2. The van der Waals surface area contributed by atoms with Gasteiger partial charge in [-0.05, 0) is 23.6 Å². The van der Waals surface area contributed by atoms with Crippen LogP contribution in [-0.4, -0.2) is 35.7 Å². The molecule has 0 saturated heterocycles. The number of benzene rings is 1. The highest BCUT2D eigenvalue weighted by Crippen LogP contribution is 2.33. The molecule has 3 aromatic rings. The number of nitrogens with one attached hydrogen (secondary N) is 2. The summed E-state index contributed by atoms with van der Waals surface area (Å²) in [5, 5.41) is 5.97. The van der Waals surface area contributed by atoms with Gasteiger partial charge >= 0.3 is 0 Å². The maximum absolute atomic E-state index is 12.8. The summed E-state index contributed by atoms with van der Waals surface area (Å²) in [5.74, 6) is -1.17. The molecule has 5 rings (SSSR count). The van der Waals surface area contributed by atoms with E-state index in [1.54, 1.807) is 6.07 Å². The van der Waals surface area contributed by atoms with Crippen LogP contribution in [0.15, 0.2) is 47.3 Å². The number of ketones is 1. The number of aromatic nitrogens is 1. The van der Waals surface area contributed by atoms with Gasteiger partial charge in [0.2, 0.25) is 5.91 Å². The fourth-order valence-corrected chi connectivity index (χ4v) is 5.05. The third-order valence-electron chi connectivity index (χ3n) is 5.75. The van der Waals surface area contributed by atoms with Crippen LogP contribution >= 0.6 is 11.3 Å². The normalized spacial score (nSPS) is 19.7. The first-order valence-corrected chi connectivity index (χ1v) is 11.2. The molecule has 2 atom stereocenters. The smallest absolute Gasteiger partial charge is 0.260 e. The number of hydrogen-bond donors (Lipinski definition) is 2. The molecule has 0 fully saturated rings. The molecule has 2 unspecified atom stereocenters. The number of fused-ring (bicyclic) bond motifs is 2. The lowest BCUT2D eigenvalue weighted by Crippen LogP contribution is -2.38. The van der Waals surface area contributed by atoms with Crippen LogP contribution in [0, 0.1) is 5.92 Å². The van der Waals surface area contributed by atoms with Crippen molar-refractivity contribution >= 4 is 34.1 Å². The van der Waals surface area contributed by atoms with Crippen molar-refractivity contribution in [3.8, 4) is 0 Å². The van der Waals surface area contributed by atoms with E-state index in [1.165, 1.54) is 18.1 Å². The van der Waals surface area contributed by atoms with E-state index in [9.17, 15) is 14.4 Å². The Balaban J connectivity index is 1.22. The van der Waals surface area contributed by atoms with Crippen LogP contribution < -0.4 is 10.6 Å². The molecule has 0 saturated carbocycles. The van der Waals surface area contributed by atoms with Crippen LogP contribution in [0.2, 0.25) is 0 Å². The Morgan fingerprint density at radius 1 is 1.19 bits per heavy atom. The first-order chi connectivity index (χ1) is 15.6. The number of furan rings is 1. The first kappa shape index (κ1) is 20.6. The number of anilines is 1. The van der Waals surface area contributed by atoms with E-state index in [2.05, 4.69) is 21.7 Å². The molecule has 164 valence electrons. The number of carbonyl (C=O) groups excluding carboxylic acids is 3. The molecule has 0 bridgehead atoms. The third kappa shape index (κ3) is 4.09. The summed E-state index contributed by atoms with van der Waals surface area (Å²) < 4.78 is 10.8. The third-order valence-corrected chi connectivity index (χ3v) is 6.80. The van der Waals surface area contributed by atoms with Crippen LogP contribution in [0.25, 0.3) is 0 Å². The van der Waals surface area contributed by atoms with Gasteiger partial charge in [-0.15, -0.1) is 0 Å². The van der Waals surface area contributed by atoms with Crippen molar-refractivity contribution in [2.45, 2.75) is 25.4 Å². The zero-order chi connectivity index (χ0) is 22.1. The highest BCUT2D eigenvalue weighted by molar-refractivity contribution is 7.17. The molecular weight excluding hydrogens is 430 g/mol. The van der Waals surface area contributed by atoms with Gasteiger partial charge in [-0.25, -0.2) is 4.98 Å². The van der Waals surface area contributed by atoms with Crippen LogP contribution in [0.1, 0.15) is 49.4 Å². The van der Waals surface area contributed by atoms with Gasteiger partial charge in [-0.1, -0.05) is 35.6 Å². The molecule has 3 heterocycles. The van der Waals surface area contributed by atoms with Gasteiger partial charge in [0.1, 0.15) is 12.4 Å². The number of rotatable bonds is 5. The SMILES string of the molecule is O=C(Nc1nc2c(s1)C(=O)CC(C(=O)NCC1OCCc3ccccc31)C2)c1ccoc1. The van der Waals surface area contributed by atoms with Crippen molar-refractivity contribution in [2.24, 2.45) is 5.92 Å². The maximum Gasteiger partial charge on any atom is 0.260 e. The standard InChI is InChI=1S/C23H21N3O5S/c27-18-10-15(21(28)24-11-19-16-4-2-1-3-13(16)6-8-31-19)9-17-20(18)32-23(25-17)26-22(29)14-5-7-30-12-14/h1-5,7,12,15,19H,6,8-11H2,(H,24,28)(H,25,26,29). The minimum Gasteiger partial charge on any atom is -0.472 e. The largest absolute Gasteiger partial charge is 0.472 e. The van der Waals surface area contributed by atoms with Crippen molar-refractivity contribution in [1.29, 1.82) is 0 Å². The summed E-state index contributed by atoms with van der Waals surface area (Å²) in [6.45, 7) is 0.978. The van der Waals surface area contributed by atoms with E-state index in [0.29, 0.717) is 40.8 Å². The molecular formula is C23H21N3O5S. The lowest BCUT2D eigenvalue weighted by Gasteiger charge is -2.27. The summed E-state index contributed by atoms with van der Waals surface area (Å²) in [5.41, 5.74) is 3.25. The predicted molar refractivity (Wildman–Crippen MR) is 117 cm³/mol. The Morgan fingerprint density at radius 2 is 2.06 bits per heavy atom. The van der Waals surface area contributed by atoms with Gasteiger partial charge in [-0.2, -0.15) is 0 Å². The summed E-state index contributed by atoms with van der Waals surface area (Å²) in [6.07, 6.45) is 3.89. The van der Waals surface area contributed by atoms with Crippen LogP contribution in [0.4, 0.5) is 5.13 Å². The van der Waals surface area contributed by atoms with E-state index in [4.69, 9.17) is 9.15 Å². The van der Waals surface area contributed by atoms with Gasteiger partial charge in [0, 0.05) is 19.4 Å². The van der Waals surface area contributed by atoms with Crippen molar-refractivity contribution in [3.05, 3.63) is 70.1 Å². The zero-order valence-electron chi connectivity index (χ0n) is 17.1. The van der Waals surface area contributed by atoms with Crippen LogP contribution in [0.3, 0.4) is 0 Å². The van der Waals surface area contributed by atoms with Crippen LogP contribution in [-0.2, 0) is 22.4 Å². The van der Waals surface area contributed by atoms with E-state index in [1.807, 2.05) is 18.2 Å². The van der Waals surface area contributed by atoms with Gasteiger partial charge in [0.25, 0.3) is 5.91 Å². The minimum absolute atomic E-state index is 0.123. The molecule has 1 aliphatic carbocycles. The second kappa shape index (κ2) is 8.68. The van der Waals surface area contributed by atoms with Crippen LogP contribution in [0.5, 0.6) is 0 Å². The Labute approximate surface area is 188 Å². The summed E-state index contributed by atoms with van der Waals surface area (Å²) in [4.78, 5) is 42.6. The van der Waals surface area contributed by atoms with Crippen molar-refractivity contribution in [1.82, 2.24) is 10.3 Å². The molecule has 0 spiro atoms. The van der Waals surface area contributed by atoms with Gasteiger partial charge in [0.15, 0.2) is 10.9 Å². The van der Waals surface area contributed by atoms with Gasteiger partial charge < -0.3 is 14.5 Å². The second-order valence-corrected chi connectivity index (χ2v) is 8.84. The Bertz CT molecular complexity index is 1170. The molecule has 8 nitrogen and oxygen atoms in total. The van der Waals surface area contributed by atoms with Crippen molar-refractivity contribution in [3.63, 3.8) is 0 Å². The first-order valence-electron chi connectivity index (χ1n) is 10.4. The van der Waals surface area contributed by atoms with E-state index in [0.717, 1.165) is 23.3 Å². The highest BCUT2D eigenvalue weighted by Gasteiger charge is 2.33. The molecule has 9 heteroatoms. The number of thiazole rings is 1. The molecule has 32 heavy (non-hydrogen) atoms. The van der Waals surface area contributed by atoms with E-state index >= 15 is 0 Å². The predicted octanol–water partition coefficient (Wildman–Crippen LogP) is 3.16. The summed E-state index contributed by atoms with van der Waals surface area (Å²) >= 11 is 1.14. The number of hydrogen-bond acceptors (Lipinski definition) is 7. The maximum atomic E-state index is 12.8. The van der Waals surface area contributed by atoms with Crippen molar-refractivity contribution < 1.29 is 23.5 Å². The lowest BCUT2D eigenvalue weighted by molar-refractivity contribution is -0.125. The Kier molecular flexibility index (Phi) is 5.59. The van der Waals surface area contributed by atoms with Gasteiger partial charge in [0.05, 0.1) is 34.9 Å². The number of carbonyl (C=O) groups is 3. The average molecular weight is 452 g/mol. The molecule has 2 aliphatic rings. The van der Waals surface area contributed by atoms with Gasteiger partial charge in [-0.3, -0.25) is 19.7 Å². The van der Waals surface area contributed by atoms with Crippen molar-refractivity contribution in [2.75, 3.05) is 18.5 Å². The minimum atomic E-state index is -0.492. The molecule has 2 aromatic heterocycles. The molecule has 2 N–H and O–H groups in total. The molecule has 0 radical (unpaired) electrons. The zero-order valence-corrected chi connectivity index (χ0v) is 17.9. The lowest BCUT2D eigenvalue weighted by atomic mass is 9.89. The number of ether oxygens (including phenoxy) is 1.